The molecule has 5 aliphatic rings. The van der Waals surface area contributed by atoms with Crippen molar-refractivity contribution in [3.05, 3.63) is 34.9 Å². The van der Waals surface area contributed by atoms with E-state index in [1.807, 2.05) is 12.1 Å². The molecule has 6 atom stereocenters. The number of rotatable bonds is 3. The third-order valence-electron chi connectivity index (χ3n) is 11.2. The first-order valence-corrected chi connectivity index (χ1v) is 14.3. The minimum atomic E-state index is -0.251. The third-order valence-corrected chi connectivity index (χ3v) is 11.5. The van der Waals surface area contributed by atoms with Gasteiger partial charge in [0.2, 0.25) is 5.91 Å². The average Bonchev–Trinajstić information content (AvgIpc) is 3.44. The van der Waals surface area contributed by atoms with Crippen LogP contribution in [0.2, 0.25) is 5.02 Å². The summed E-state index contributed by atoms with van der Waals surface area (Å²) in [7, 11) is 0. The Kier molecular flexibility index (Phi) is 5.71. The monoisotopic (exact) mass is 494 g/mol. The summed E-state index contributed by atoms with van der Waals surface area (Å²) in [6.07, 6.45) is 10.9. The molecule has 4 saturated carbocycles. The highest BCUT2D eigenvalue weighted by molar-refractivity contribution is 6.30. The van der Waals surface area contributed by atoms with E-state index in [-0.39, 0.29) is 28.2 Å². The van der Waals surface area contributed by atoms with Gasteiger partial charge >= 0.3 is 0 Å². The van der Waals surface area contributed by atoms with Gasteiger partial charge < -0.3 is 5.32 Å². The van der Waals surface area contributed by atoms with Crippen molar-refractivity contribution in [3.8, 4) is 0 Å². The van der Waals surface area contributed by atoms with Gasteiger partial charge in [0.15, 0.2) is 0 Å². The SMILES string of the molecule is C[C@]12CCC(=O)CC1=NCC1C2CC[C@@]2(C)C1CC[C@@H]2C(=O)NC1(c2ccc(Cl)cc2)CCCC1. The number of halogens is 1. The lowest BCUT2D eigenvalue weighted by molar-refractivity contribution is -0.134. The van der Waals surface area contributed by atoms with Gasteiger partial charge in [-0.3, -0.25) is 14.6 Å². The molecule has 0 bridgehead atoms. The van der Waals surface area contributed by atoms with Crippen LogP contribution in [-0.2, 0) is 15.1 Å². The Bertz CT molecular complexity index is 1060. The Labute approximate surface area is 214 Å². The zero-order valence-corrected chi connectivity index (χ0v) is 22.0. The maximum absolute atomic E-state index is 14.0. The first-order valence-electron chi connectivity index (χ1n) is 13.9. The van der Waals surface area contributed by atoms with E-state index >= 15 is 0 Å². The number of carbonyl (C=O) groups is 2. The number of hydrogen-bond acceptors (Lipinski definition) is 3. The standard InChI is InChI=1S/C30H39ClN2O2/c1-28-16-12-24-22(18-32-26-17-21(34)11-15-29(24,26)2)23(28)9-10-25(28)27(35)33-30(13-3-4-14-30)19-5-7-20(31)8-6-19/h5-8,22-25H,3-4,9-18H2,1-2H3,(H,33,35)/t22?,23?,24?,25-,28+,29-/m1/s1. The molecular formula is C30H39ClN2O2. The van der Waals surface area contributed by atoms with E-state index in [0.717, 1.165) is 69.4 Å². The first-order chi connectivity index (χ1) is 16.8. The Morgan fingerprint density at radius 3 is 2.49 bits per heavy atom. The fraction of sp³-hybridized carbons (Fsp3) is 0.700. The molecule has 188 valence electrons. The highest BCUT2D eigenvalue weighted by Crippen LogP contribution is 2.64. The molecule has 1 aromatic carbocycles. The Morgan fingerprint density at radius 1 is 1.00 bits per heavy atom. The van der Waals surface area contributed by atoms with Crippen LogP contribution in [0, 0.1) is 34.5 Å². The van der Waals surface area contributed by atoms with E-state index in [2.05, 4.69) is 31.3 Å². The number of hydrogen-bond donors (Lipinski definition) is 1. The molecule has 0 aromatic heterocycles. The lowest BCUT2D eigenvalue weighted by Crippen LogP contribution is -2.56. The van der Waals surface area contributed by atoms with Gasteiger partial charge in [-0.25, -0.2) is 0 Å². The molecule has 35 heavy (non-hydrogen) atoms. The van der Waals surface area contributed by atoms with E-state index < -0.39 is 0 Å². The molecule has 4 nitrogen and oxygen atoms in total. The molecule has 1 amide bonds. The van der Waals surface area contributed by atoms with Gasteiger partial charge in [-0.1, -0.05) is 50.4 Å². The number of benzene rings is 1. The van der Waals surface area contributed by atoms with Crippen molar-refractivity contribution in [3.63, 3.8) is 0 Å². The molecule has 5 heteroatoms. The molecule has 3 unspecified atom stereocenters. The molecule has 4 aliphatic carbocycles. The van der Waals surface area contributed by atoms with E-state index in [0.29, 0.717) is 36.4 Å². The van der Waals surface area contributed by atoms with E-state index in [1.54, 1.807) is 0 Å². The van der Waals surface area contributed by atoms with Gasteiger partial charge in [-0.2, -0.15) is 0 Å². The molecule has 1 heterocycles. The number of amides is 1. The van der Waals surface area contributed by atoms with Gasteiger partial charge in [0.05, 0.1) is 5.54 Å². The number of aliphatic imine (C=N–C) groups is 1. The normalized spacial score (nSPS) is 39.9. The quantitative estimate of drug-likeness (QED) is 0.521. The van der Waals surface area contributed by atoms with Gasteiger partial charge in [0, 0.05) is 41.5 Å². The molecule has 0 radical (unpaired) electrons. The number of ketones is 1. The summed E-state index contributed by atoms with van der Waals surface area (Å²) >= 11 is 6.17. The summed E-state index contributed by atoms with van der Waals surface area (Å²) in [5.74, 6) is 2.40. The van der Waals surface area contributed by atoms with Gasteiger partial charge in [-0.05, 0) is 85.8 Å². The number of nitrogens with one attached hydrogen (secondary N) is 1. The second-order valence-electron chi connectivity index (χ2n) is 12.8. The lowest BCUT2D eigenvalue weighted by Gasteiger charge is -2.56. The molecule has 1 aliphatic heterocycles. The van der Waals surface area contributed by atoms with Crippen LogP contribution >= 0.6 is 11.6 Å². The summed E-state index contributed by atoms with van der Waals surface area (Å²) in [4.78, 5) is 31.2. The van der Waals surface area contributed by atoms with Crippen LogP contribution in [0.5, 0.6) is 0 Å². The summed E-state index contributed by atoms with van der Waals surface area (Å²) in [5, 5.41) is 4.35. The second-order valence-corrected chi connectivity index (χ2v) is 13.2. The van der Waals surface area contributed by atoms with Crippen LogP contribution in [0.1, 0.15) is 90.0 Å². The minimum Gasteiger partial charge on any atom is -0.346 e. The fourth-order valence-electron chi connectivity index (χ4n) is 9.19. The zero-order chi connectivity index (χ0) is 24.4. The molecule has 4 fully saturated rings. The maximum atomic E-state index is 14.0. The number of fused-ring (bicyclic) bond motifs is 5. The molecule has 0 spiro atoms. The van der Waals surface area contributed by atoms with Crippen LogP contribution in [0.25, 0.3) is 0 Å². The predicted molar refractivity (Wildman–Crippen MR) is 140 cm³/mol. The first kappa shape index (κ1) is 23.7. The molecule has 1 aromatic rings. The minimum absolute atomic E-state index is 0.0406. The van der Waals surface area contributed by atoms with E-state index in [4.69, 9.17) is 16.6 Å². The zero-order valence-electron chi connectivity index (χ0n) is 21.2. The molecule has 0 saturated heterocycles. The van der Waals surface area contributed by atoms with Crippen LogP contribution < -0.4 is 5.32 Å². The summed E-state index contributed by atoms with van der Waals surface area (Å²) in [6, 6.07) is 8.11. The highest BCUT2D eigenvalue weighted by Gasteiger charge is 2.61. The highest BCUT2D eigenvalue weighted by atomic mass is 35.5. The lowest BCUT2D eigenvalue weighted by atomic mass is 9.49. The Balaban J connectivity index is 1.24. The smallest absolute Gasteiger partial charge is 0.224 e. The summed E-state index contributed by atoms with van der Waals surface area (Å²) < 4.78 is 0. The summed E-state index contributed by atoms with van der Waals surface area (Å²) in [6.45, 7) is 5.64. The van der Waals surface area contributed by atoms with Crippen molar-refractivity contribution in [2.75, 3.05) is 6.54 Å². The van der Waals surface area contributed by atoms with Crippen LogP contribution in [0.3, 0.4) is 0 Å². The Morgan fingerprint density at radius 2 is 1.74 bits per heavy atom. The fourth-order valence-corrected chi connectivity index (χ4v) is 9.32. The van der Waals surface area contributed by atoms with Gasteiger partial charge in [0.1, 0.15) is 5.78 Å². The molecule has 6 rings (SSSR count). The Hall–Kier alpha value is -1.68. The van der Waals surface area contributed by atoms with Crippen LogP contribution in [-0.4, -0.2) is 23.9 Å². The third kappa shape index (κ3) is 3.64. The van der Waals surface area contributed by atoms with Crippen molar-refractivity contribution in [2.24, 2.45) is 39.5 Å². The molecular weight excluding hydrogens is 456 g/mol. The average molecular weight is 495 g/mol. The largest absolute Gasteiger partial charge is 0.346 e. The van der Waals surface area contributed by atoms with Crippen molar-refractivity contribution in [1.29, 1.82) is 0 Å². The second kappa shape index (κ2) is 8.43. The number of Topliss-reactive ketones (excluding diaryl/α,β-unsaturated/α-hetero) is 1. The van der Waals surface area contributed by atoms with Gasteiger partial charge in [-0.15, -0.1) is 0 Å². The predicted octanol–water partition coefficient (Wildman–Crippen LogP) is 6.50. The number of carbonyl (C=O) groups excluding carboxylic acids is 2. The van der Waals surface area contributed by atoms with E-state index in [1.165, 1.54) is 11.3 Å². The van der Waals surface area contributed by atoms with Crippen molar-refractivity contribution in [1.82, 2.24) is 5.32 Å². The van der Waals surface area contributed by atoms with Crippen molar-refractivity contribution >= 4 is 29.0 Å². The molecule has 1 N–H and O–H groups in total. The van der Waals surface area contributed by atoms with E-state index in [9.17, 15) is 9.59 Å². The van der Waals surface area contributed by atoms with Crippen molar-refractivity contribution < 1.29 is 9.59 Å². The van der Waals surface area contributed by atoms with Gasteiger partial charge in [0.25, 0.3) is 0 Å². The topological polar surface area (TPSA) is 58.5 Å². The summed E-state index contributed by atoms with van der Waals surface area (Å²) in [5.41, 5.74) is 2.25. The van der Waals surface area contributed by atoms with Crippen molar-refractivity contribution in [2.45, 2.75) is 90.0 Å². The van der Waals surface area contributed by atoms with Crippen LogP contribution in [0.4, 0.5) is 0 Å². The number of nitrogens with zero attached hydrogens (tertiary/aromatic N) is 1. The maximum Gasteiger partial charge on any atom is 0.224 e. The van der Waals surface area contributed by atoms with Crippen LogP contribution in [0.15, 0.2) is 29.3 Å².